The van der Waals surface area contributed by atoms with Crippen LogP contribution in [0.3, 0.4) is 0 Å². The topological polar surface area (TPSA) is 86.1 Å². The highest BCUT2D eigenvalue weighted by molar-refractivity contribution is 7.99. The van der Waals surface area contributed by atoms with Crippen LogP contribution >= 0.6 is 34.4 Å². The first-order valence-corrected chi connectivity index (χ1v) is 16.3. The second kappa shape index (κ2) is 12.3. The number of hydrogen-bond donors (Lipinski definition) is 1. The molecule has 1 unspecified atom stereocenters. The second-order valence-corrected chi connectivity index (χ2v) is 13.2. The maximum absolute atomic E-state index is 13.1. The van der Waals surface area contributed by atoms with Crippen LogP contribution in [0.25, 0.3) is 22.5 Å². The highest BCUT2D eigenvalue weighted by Gasteiger charge is 2.29. The molecule has 0 saturated carbocycles. The molecule has 4 aromatic rings. The van der Waals surface area contributed by atoms with Gasteiger partial charge < -0.3 is 14.6 Å². The van der Waals surface area contributed by atoms with Crippen LogP contribution in [0.15, 0.2) is 34.8 Å². The van der Waals surface area contributed by atoms with Crippen molar-refractivity contribution in [1.82, 2.24) is 14.8 Å². The van der Waals surface area contributed by atoms with E-state index in [9.17, 15) is 9.59 Å². The van der Waals surface area contributed by atoms with Gasteiger partial charge in [-0.05, 0) is 64.0 Å². The number of nitrogens with zero attached hydrogens (tertiary/aromatic N) is 3. The number of aromatic nitrogens is 3. The molecule has 10 heteroatoms. The maximum atomic E-state index is 13.1. The van der Waals surface area contributed by atoms with Gasteiger partial charge in [-0.15, -0.1) is 32.9 Å². The fourth-order valence-corrected chi connectivity index (χ4v) is 8.21. The molecule has 5 rings (SSSR count). The van der Waals surface area contributed by atoms with E-state index in [0.29, 0.717) is 34.8 Å². The summed E-state index contributed by atoms with van der Waals surface area (Å²) in [6, 6.07) is 8.54. The number of rotatable bonds is 9. The summed E-state index contributed by atoms with van der Waals surface area (Å²) < 4.78 is 7.41. The summed E-state index contributed by atoms with van der Waals surface area (Å²) >= 11 is 4.56. The van der Waals surface area contributed by atoms with Crippen molar-refractivity contribution in [2.24, 2.45) is 5.92 Å². The Labute approximate surface area is 247 Å². The number of ether oxygens (including phenoxy) is 1. The van der Waals surface area contributed by atoms with Crippen molar-refractivity contribution >= 4 is 51.3 Å². The first-order chi connectivity index (χ1) is 19.3. The number of nitrogens with one attached hydrogen (secondary N) is 1. The number of carbonyl (C=O) groups is 2. The molecule has 210 valence electrons. The van der Waals surface area contributed by atoms with Crippen LogP contribution in [0.1, 0.15) is 58.4 Å². The first kappa shape index (κ1) is 28.6. The lowest BCUT2D eigenvalue weighted by molar-refractivity contribution is -0.113. The number of thioether (sulfide) groups is 1. The Kier molecular flexibility index (Phi) is 8.77. The van der Waals surface area contributed by atoms with E-state index in [-0.39, 0.29) is 17.6 Å². The molecule has 0 saturated heterocycles. The molecule has 7 nitrogen and oxygen atoms in total. The summed E-state index contributed by atoms with van der Waals surface area (Å²) in [6.07, 6.45) is 2.79. The molecule has 0 bridgehead atoms. The van der Waals surface area contributed by atoms with Crippen LogP contribution in [0, 0.1) is 19.8 Å². The zero-order valence-corrected chi connectivity index (χ0v) is 25.9. The van der Waals surface area contributed by atoms with Crippen LogP contribution in [-0.2, 0) is 28.9 Å². The smallest absolute Gasteiger partial charge is 0.341 e. The predicted molar refractivity (Wildman–Crippen MR) is 165 cm³/mol. The third-order valence-corrected chi connectivity index (χ3v) is 10.2. The molecule has 1 amide bonds. The third-order valence-electron chi connectivity index (χ3n) is 7.17. The van der Waals surface area contributed by atoms with Crippen LogP contribution in [0.4, 0.5) is 5.00 Å². The van der Waals surface area contributed by atoms with Gasteiger partial charge in [-0.25, -0.2) is 4.79 Å². The quantitative estimate of drug-likeness (QED) is 0.160. The molecule has 1 N–H and O–H groups in total. The molecule has 1 aliphatic rings. The molecule has 0 aliphatic heterocycles. The van der Waals surface area contributed by atoms with Crippen LogP contribution in [-0.4, -0.2) is 39.0 Å². The number of anilines is 1. The summed E-state index contributed by atoms with van der Waals surface area (Å²) in [5.74, 6) is 0.986. The van der Waals surface area contributed by atoms with Gasteiger partial charge in [-0.2, -0.15) is 0 Å². The minimum atomic E-state index is -0.358. The lowest BCUT2D eigenvalue weighted by Gasteiger charge is -2.18. The number of aryl methyl sites for hydroxylation is 2. The monoisotopic (exact) mass is 594 g/mol. The zero-order valence-electron chi connectivity index (χ0n) is 23.5. The van der Waals surface area contributed by atoms with Crippen LogP contribution < -0.4 is 5.32 Å². The van der Waals surface area contributed by atoms with E-state index >= 15 is 0 Å². The van der Waals surface area contributed by atoms with E-state index in [1.807, 2.05) is 0 Å². The molecule has 0 fully saturated rings. The Balaban J connectivity index is 1.35. The standard InChI is InChI=1S/C30H34N4O3S3/c1-6-34-27(22-15-38-19(5)25(22)20-11-8-17(3)9-12-20)32-33-30(34)39-16-24(35)31-28-26(29(36)37-7-2)21-13-10-18(4)14-23(21)40-28/h8-9,11-12,15,18H,6-7,10,13-14,16H2,1-5H3,(H,31,35). The van der Waals surface area contributed by atoms with Crippen molar-refractivity contribution in [2.45, 2.75) is 65.6 Å². The van der Waals surface area contributed by atoms with Gasteiger partial charge >= 0.3 is 5.97 Å². The molecule has 40 heavy (non-hydrogen) atoms. The Hall–Kier alpha value is -2.95. The maximum Gasteiger partial charge on any atom is 0.341 e. The summed E-state index contributed by atoms with van der Waals surface area (Å²) in [5.41, 5.74) is 6.17. The van der Waals surface area contributed by atoms with Gasteiger partial charge in [0.15, 0.2) is 11.0 Å². The van der Waals surface area contributed by atoms with E-state index in [0.717, 1.165) is 41.8 Å². The molecule has 1 aliphatic carbocycles. The predicted octanol–water partition coefficient (Wildman–Crippen LogP) is 7.40. The Bertz CT molecular complexity index is 1530. The van der Waals surface area contributed by atoms with Gasteiger partial charge in [0.2, 0.25) is 5.91 Å². The number of thiophene rings is 2. The van der Waals surface area contributed by atoms with Crippen molar-refractivity contribution in [3.8, 4) is 22.5 Å². The van der Waals surface area contributed by atoms with Crippen LogP contribution in [0.2, 0.25) is 0 Å². The van der Waals surface area contributed by atoms with Crippen molar-refractivity contribution in [2.75, 3.05) is 17.7 Å². The average Bonchev–Trinajstić information content (AvgIpc) is 3.62. The SMILES string of the molecule is CCOC(=O)c1c(NC(=O)CSc2nnc(-c3csc(C)c3-c3ccc(C)cc3)n2CC)sc2c1CCC(C)C2. The summed E-state index contributed by atoms with van der Waals surface area (Å²) in [5, 5.41) is 15.4. The van der Waals surface area contributed by atoms with E-state index in [4.69, 9.17) is 4.74 Å². The molecular weight excluding hydrogens is 561 g/mol. The van der Waals surface area contributed by atoms with Crippen molar-refractivity contribution < 1.29 is 14.3 Å². The lowest BCUT2D eigenvalue weighted by Crippen LogP contribution is -2.18. The molecule has 1 atom stereocenters. The summed E-state index contributed by atoms with van der Waals surface area (Å²) in [7, 11) is 0. The number of esters is 1. The Morgan fingerprint density at radius 1 is 1.18 bits per heavy atom. The fraction of sp³-hybridized carbons (Fsp3) is 0.400. The zero-order chi connectivity index (χ0) is 28.4. The molecular formula is C30H34N4O3S3. The number of amides is 1. The van der Waals surface area contributed by atoms with Gasteiger partial charge in [0.25, 0.3) is 0 Å². The lowest BCUT2D eigenvalue weighted by atomic mass is 9.88. The average molecular weight is 595 g/mol. The molecule has 3 heterocycles. The first-order valence-electron chi connectivity index (χ1n) is 13.6. The van der Waals surface area contributed by atoms with Crippen molar-refractivity contribution in [3.05, 3.63) is 56.1 Å². The largest absolute Gasteiger partial charge is 0.462 e. The normalized spacial score (nSPS) is 14.7. The number of fused-ring (bicyclic) bond motifs is 1. The summed E-state index contributed by atoms with van der Waals surface area (Å²) in [6.45, 7) is 11.3. The highest BCUT2D eigenvalue weighted by atomic mass is 32.2. The number of benzene rings is 1. The van der Waals surface area contributed by atoms with Crippen molar-refractivity contribution in [3.63, 3.8) is 0 Å². The van der Waals surface area contributed by atoms with Gasteiger partial charge in [0.05, 0.1) is 17.9 Å². The van der Waals surface area contributed by atoms with E-state index in [1.54, 1.807) is 18.3 Å². The Morgan fingerprint density at radius 2 is 1.95 bits per heavy atom. The van der Waals surface area contributed by atoms with Gasteiger partial charge in [0.1, 0.15) is 5.00 Å². The second-order valence-electron chi connectivity index (χ2n) is 10.1. The third kappa shape index (κ3) is 5.75. The molecule has 0 spiro atoms. The highest BCUT2D eigenvalue weighted by Crippen LogP contribution is 2.41. The van der Waals surface area contributed by atoms with Gasteiger partial charge in [-0.1, -0.05) is 48.5 Å². The minimum absolute atomic E-state index is 0.160. The van der Waals surface area contributed by atoms with E-state index in [1.165, 1.54) is 44.0 Å². The van der Waals surface area contributed by atoms with Crippen molar-refractivity contribution in [1.29, 1.82) is 0 Å². The van der Waals surface area contributed by atoms with E-state index < -0.39 is 0 Å². The Morgan fingerprint density at radius 3 is 2.67 bits per heavy atom. The van der Waals surface area contributed by atoms with Crippen LogP contribution in [0.5, 0.6) is 0 Å². The molecule has 3 aromatic heterocycles. The van der Waals surface area contributed by atoms with Gasteiger partial charge in [-0.3, -0.25) is 4.79 Å². The number of carbonyl (C=O) groups excluding carboxylic acids is 2. The van der Waals surface area contributed by atoms with Gasteiger partial charge in [0, 0.05) is 32.8 Å². The van der Waals surface area contributed by atoms with E-state index in [2.05, 4.69) is 77.4 Å². The molecule has 0 radical (unpaired) electrons. The fourth-order valence-electron chi connectivity index (χ4n) is 5.13. The summed E-state index contributed by atoms with van der Waals surface area (Å²) in [4.78, 5) is 28.3. The number of hydrogen-bond acceptors (Lipinski definition) is 8. The minimum Gasteiger partial charge on any atom is -0.462 e. The molecule has 1 aromatic carbocycles.